The summed E-state index contributed by atoms with van der Waals surface area (Å²) < 4.78 is 27.9. The molecule has 0 radical (unpaired) electrons. The Hall–Kier alpha value is -4.07. The van der Waals surface area contributed by atoms with Crippen molar-refractivity contribution in [2.24, 2.45) is 5.92 Å². The zero-order chi connectivity index (χ0) is 26.6. The molecule has 1 saturated heterocycles. The molecule has 2 N–H and O–H groups in total. The minimum Gasteiger partial charge on any atom is -0.359 e. The number of aromatic nitrogens is 7. The second-order valence-electron chi connectivity index (χ2n) is 9.90. The summed E-state index contributed by atoms with van der Waals surface area (Å²) in [5.74, 6) is 2.25. The van der Waals surface area contributed by atoms with Crippen LogP contribution in [0, 0.1) is 5.92 Å². The third-order valence-corrected chi connectivity index (χ3v) is 8.83. The molecule has 1 saturated carbocycles. The molecule has 198 valence electrons. The average Bonchev–Trinajstić information content (AvgIpc) is 3.50. The quantitative estimate of drug-likeness (QED) is 0.341. The molecule has 4 aromatic heterocycles. The van der Waals surface area contributed by atoms with Gasteiger partial charge in [0.1, 0.15) is 11.6 Å². The van der Waals surface area contributed by atoms with Crippen LogP contribution in [0.1, 0.15) is 32.7 Å². The summed E-state index contributed by atoms with van der Waals surface area (Å²) in [5, 5.41) is 15.3. The van der Waals surface area contributed by atoms with Gasteiger partial charge in [0.2, 0.25) is 5.91 Å². The van der Waals surface area contributed by atoms with Crippen LogP contribution in [-0.2, 0) is 14.8 Å². The van der Waals surface area contributed by atoms with Gasteiger partial charge in [0.15, 0.2) is 11.6 Å². The third kappa shape index (κ3) is 4.23. The standard InChI is InChI=1S/C24H28N10O3S/c1-14(2)34-19-8-21(27-10-18(19)23(31-34)32-11-16(12-32)24(35)25-3)29-20-6-7-26-22(30-20)15-9-28-33(13-15)38(36,37)17-4-5-17/h6-10,13-14,16-17H,4-5,11-12H2,1-3H3,(H,25,35)(H,26,27,29,30). The van der Waals surface area contributed by atoms with Gasteiger partial charge in [-0.3, -0.25) is 9.48 Å². The molecular formula is C24H28N10O3S. The van der Waals surface area contributed by atoms with Crippen molar-refractivity contribution in [2.45, 2.75) is 38.0 Å². The van der Waals surface area contributed by atoms with E-state index in [9.17, 15) is 13.2 Å². The summed E-state index contributed by atoms with van der Waals surface area (Å²) in [6, 6.07) is 3.75. The number of carbonyl (C=O) groups is 1. The van der Waals surface area contributed by atoms with Gasteiger partial charge >= 0.3 is 0 Å². The van der Waals surface area contributed by atoms with Gasteiger partial charge in [0, 0.05) is 44.6 Å². The van der Waals surface area contributed by atoms with Crippen molar-refractivity contribution < 1.29 is 13.2 Å². The van der Waals surface area contributed by atoms with Crippen molar-refractivity contribution in [3.05, 3.63) is 36.9 Å². The van der Waals surface area contributed by atoms with Crippen molar-refractivity contribution in [3.8, 4) is 11.4 Å². The first-order valence-electron chi connectivity index (χ1n) is 12.5. The highest BCUT2D eigenvalue weighted by atomic mass is 32.2. The molecule has 2 aliphatic rings. The summed E-state index contributed by atoms with van der Waals surface area (Å²) in [7, 11) is -1.81. The van der Waals surface area contributed by atoms with Gasteiger partial charge in [-0.05, 0) is 32.8 Å². The van der Waals surface area contributed by atoms with Crippen LogP contribution in [0.3, 0.4) is 0 Å². The Bertz CT molecular complexity index is 1630. The van der Waals surface area contributed by atoms with E-state index in [0.29, 0.717) is 49.0 Å². The fraction of sp³-hybridized carbons (Fsp3) is 0.417. The van der Waals surface area contributed by atoms with E-state index in [1.54, 1.807) is 25.5 Å². The Kier molecular flexibility index (Phi) is 5.78. The molecular weight excluding hydrogens is 508 g/mol. The molecule has 0 bridgehead atoms. The number of amides is 1. The number of nitrogens with one attached hydrogen (secondary N) is 2. The number of hydrogen-bond donors (Lipinski definition) is 2. The molecule has 38 heavy (non-hydrogen) atoms. The Morgan fingerprint density at radius 3 is 2.63 bits per heavy atom. The summed E-state index contributed by atoms with van der Waals surface area (Å²) in [6.45, 7) is 5.36. The number of hydrogen-bond acceptors (Lipinski definition) is 10. The van der Waals surface area contributed by atoms with E-state index in [2.05, 4.69) is 49.4 Å². The summed E-state index contributed by atoms with van der Waals surface area (Å²) in [5.41, 5.74) is 1.42. The molecule has 1 aliphatic carbocycles. The van der Waals surface area contributed by atoms with E-state index in [1.807, 2.05) is 10.7 Å². The maximum absolute atomic E-state index is 12.5. The zero-order valence-electron chi connectivity index (χ0n) is 21.2. The first-order valence-corrected chi connectivity index (χ1v) is 14.0. The number of rotatable bonds is 8. The van der Waals surface area contributed by atoms with Gasteiger partial charge in [-0.2, -0.15) is 14.3 Å². The molecule has 14 heteroatoms. The topological polar surface area (TPSA) is 153 Å². The smallest absolute Gasteiger partial charge is 0.256 e. The van der Waals surface area contributed by atoms with Crippen LogP contribution in [0.15, 0.2) is 36.9 Å². The molecule has 1 amide bonds. The van der Waals surface area contributed by atoms with Gasteiger partial charge < -0.3 is 15.5 Å². The molecule has 5 heterocycles. The van der Waals surface area contributed by atoms with Gasteiger partial charge in [-0.25, -0.2) is 23.4 Å². The molecule has 1 aliphatic heterocycles. The Morgan fingerprint density at radius 1 is 1.13 bits per heavy atom. The summed E-state index contributed by atoms with van der Waals surface area (Å²) in [4.78, 5) is 27.4. The van der Waals surface area contributed by atoms with E-state index in [0.717, 1.165) is 20.8 Å². The Labute approximate surface area is 219 Å². The fourth-order valence-corrected chi connectivity index (χ4v) is 5.99. The first-order chi connectivity index (χ1) is 18.2. The summed E-state index contributed by atoms with van der Waals surface area (Å²) >= 11 is 0. The fourth-order valence-electron chi connectivity index (χ4n) is 4.51. The van der Waals surface area contributed by atoms with Crippen LogP contribution in [0.25, 0.3) is 22.3 Å². The molecule has 2 fully saturated rings. The average molecular weight is 537 g/mol. The highest BCUT2D eigenvalue weighted by molar-refractivity contribution is 7.90. The minimum absolute atomic E-state index is 0.0407. The van der Waals surface area contributed by atoms with Crippen LogP contribution < -0.4 is 15.5 Å². The third-order valence-electron chi connectivity index (χ3n) is 6.80. The highest BCUT2D eigenvalue weighted by Gasteiger charge is 2.38. The SMILES string of the molecule is CNC(=O)C1CN(c2nn(C(C)C)c3cc(Nc4ccnc(-c5cnn(S(=O)(=O)C6CC6)c5)n4)ncc23)C1. The largest absolute Gasteiger partial charge is 0.359 e. The predicted octanol–water partition coefficient (Wildman–Crippen LogP) is 1.93. The Morgan fingerprint density at radius 2 is 1.92 bits per heavy atom. The normalized spacial score (nSPS) is 16.2. The van der Waals surface area contributed by atoms with Crippen LogP contribution >= 0.6 is 0 Å². The predicted molar refractivity (Wildman–Crippen MR) is 142 cm³/mol. The van der Waals surface area contributed by atoms with Crippen molar-refractivity contribution in [1.82, 2.24) is 39.2 Å². The van der Waals surface area contributed by atoms with Crippen molar-refractivity contribution in [1.29, 1.82) is 0 Å². The summed E-state index contributed by atoms with van der Waals surface area (Å²) in [6.07, 6.45) is 7.61. The molecule has 6 rings (SSSR count). The lowest BCUT2D eigenvalue weighted by atomic mass is 9.99. The monoisotopic (exact) mass is 536 g/mol. The van der Waals surface area contributed by atoms with Gasteiger partial charge in [0.05, 0.1) is 40.0 Å². The lowest BCUT2D eigenvalue weighted by molar-refractivity contribution is -0.125. The molecule has 0 aromatic carbocycles. The van der Waals surface area contributed by atoms with Gasteiger partial charge in [-0.15, -0.1) is 0 Å². The Balaban J connectivity index is 1.25. The van der Waals surface area contributed by atoms with Crippen LogP contribution in [0.4, 0.5) is 17.5 Å². The lowest BCUT2D eigenvalue weighted by Crippen LogP contribution is -2.53. The zero-order valence-corrected chi connectivity index (χ0v) is 22.1. The van der Waals surface area contributed by atoms with Crippen LogP contribution in [0.2, 0.25) is 0 Å². The number of fused-ring (bicyclic) bond motifs is 1. The maximum Gasteiger partial charge on any atom is 0.256 e. The molecule has 4 aromatic rings. The van der Waals surface area contributed by atoms with E-state index in [4.69, 9.17) is 5.10 Å². The molecule has 0 unspecified atom stereocenters. The van der Waals surface area contributed by atoms with E-state index < -0.39 is 10.0 Å². The van der Waals surface area contributed by atoms with Gasteiger partial charge in [0.25, 0.3) is 10.0 Å². The number of carbonyl (C=O) groups excluding carboxylic acids is 1. The lowest BCUT2D eigenvalue weighted by Gasteiger charge is -2.38. The maximum atomic E-state index is 12.5. The minimum atomic E-state index is -3.46. The molecule has 0 spiro atoms. The highest BCUT2D eigenvalue weighted by Crippen LogP contribution is 2.34. The van der Waals surface area contributed by atoms with Crippen molar-refractivity contribution in [3.63, 3.8) is 0 Å². The number of anilines is 3. The number of nitrogens with zero attached hydrogens (tertiary/aromatic N) is 8. The van der Waals surface area contributed by atoms with Crippen LogP contribution in [-0.4, -0.2) is 73.6 Å². The van der Waals surface area contributed by atoms with Crippen LogP contribution in [0.5, 0.6) is 0 Å². The van der Waals surface area contributed by atoms with E-state index >= 15 is 0 Å². The first kappa shape index (κ1) is 24.3. The second kappa shape index (κ2) is 9.04. The van der Waals surface area contributed by atoms with Crippen molar-refractivity contribution in [2.75, 3.05) is 30.4 Å². The van der Waals surface area contributed by atoms with E-state index in [-0.39, 0.29) is 23.1 Å². The van der Waals surface area contributed by atoms with E-state index in [1.165, 1.54) is 12.4 Å². The molecule has 13 nitrogen and oxygen atoms in total. The second-order valence-corrected chi connectivity index (χ2v) is 12.0. The molecule has 0 atom stereocenters. The van der Waals surface area contributed by atoms with Crippen molar-refractivity contribution >= 4 is 44.3 Å². The number of pyridine rings is 1. The van der Waals surface area contributed by atoms with Gasteiger partial charge in [-0.1, -0.05) is 0 Å².